The highest BCUT2D eigenvalue weighted by molar-refractivity contribution is 5.25. The van der Waals surface area contributed by atoms with Crippen molar-refractivity contribution in [2.45, 2.75) is 45.1 Å². The van der Waals surface area contributed by atoms with E-state index < -0.39 is 11.6 Å². The summed E-state index contributed by atoms with van der Waals surface area (Å²) in [7, 11) is 0. The molecule has 0 aliphatic heterocycles. The number of halogens is 2. The van der Waals surface area contributed by atoms with Crippen molar-refractivity contribution in [2.75, 3.05) is 6.54 Å². The summed E-state index contributed by atoms with van der Waals surface area (Å²) >= 11 is 0. The van der Waals surface area contributed by atoms with Gasteiger partial charge in [0.2, 0.25) is 0 Å². The lowest BCUT2D eigenvalue weighted by molar-refractivity contribution is 0.398. The molecular weight excluding hydrogens is 232 g/mol. The Labute approximate surface area is 108 Å². The van der Waals surface area contributed by atoms with E-state index in [0.29, 0.717) is 17.5 Å². The van der Waals surface area contributed by atoms with Crippen LogP contribution in [-0.4, -0.2) is 12.6 Å². The van der Waals surface area contributed by atoms with E-state index in [-0.39, 0.29) is 5.92 Å². The third-order valence-electron chi connectivity index (χ3n) is 4.08. The van der Waals surface area contributed by atoms with Crippen molar-refractivity contribution in [3.8, 4) is 0 Å². The molecule has 1 aliphatic carbocycles. The van der Waals surface area contributed by atoms with E-state index in [1.807, 2.05) is 0 Å². The lowest BCUT2D eigenvalue weighted by Gasteiger charge is -2.22. The maximum atomic E-state index is 13.8. The summed E-state index contributed by atoms with van der Waals surface area (Å²) in [6.07, 6.45) is 3.16. The third kappa shape index (κ3) is 2.72. The van der Waals surface area contributed by atoms with Crippen LogP contribution in [0.2, 0.25) is 0 Å². The van der Waals surface area contributed by atoms with E-state index in [0.717, 1.165) is 31.9 Å². The Morgan fingerprint density at radius 1 is 1.28 bits per heavy atom. The standard InChI is InChI=1S/C15H21F2N/c1-3-8-18-15-7-6-12(10(15)2)13-5-4-11(16)9-14(13)17/h4-5,9-10,12,15,18H,3,6-8H2,1-2H3. The van der Waals surface area contributed by atoms with Gasteiger partial charge in [-0.05, 0) is 49.3 Å². The Balaban J connectivity index is 2.10. The van der Waals surface area contributed by atoms with E-state index in [9.17, 15) is 8.78 Å². The Morgan fingerprint density at radius 3 is 2.72 bits per heavy atom. The minimum absolute atomic E-state index is 0.208. The summed E-state index contributed by atoms with van der Waals surface area (Å²) in [6.45, 7) is 5.31. The number of rotatable bonds is 4. The molecule has 0 saturated heterocycles. The van der Waals surface area contributed by atoms with Crippen LogP contribution < -0.4 is 5.32 Å². The van der Waals surface area contributed by atoms with E-state index in [1.54, 1.807) is 6.07 Å². The van der Waals surface area contributed by atoms with Gasteiger partial charge >= 0.3 is 0 Å². The van der Waals surface area contributed by atoms with Crippen molar-refractivity contribution in [3.05, 3.63) is 35.4 Å². The zero-order valence-electron chi connectivity index (χ0n) is 11.0. The quantitative estimate of drug-likeness (QED) is 0.859. The average Bonchev–Trinajstić information content (AvgIpc) is 2.68. The van der Waals surface area contributed by atoms with Gasteiger partial charge in [-0.1, -0.05) is 19.9 Å². The van der Waals surface area contributed by atoms with Crippen LogP contribution in [0.25, 0.3) is 0 Å². The highest BCUT2D eigenvalue weighted by atomic mass is 19.1. The summed E-state index contributed by atoms with van der Waals surface area (Å²) in [5.41, 5.74) is 0.671. The maximum Gasteiger partial charge on any atom is 0.129 e. The van der Waals surface area contributed by atoms with Gasteiger partial charge in [0.1, 0.15) is 11.6 Å². The van der Waals surface area contributed by atoms with Crippen molar-refractivity contribution >= 4 is 0 Å². The van der Waals surface area contributed by atoms with Gasteiger partial charge in [0.05, 0.1) is 0 Å². The van der Waals surface area contributed by atoms with Gasteiger partial charge in [0.15, 0.2) is 0 Å². The Bertz CT molecular complexity index is 405. The molecular formula is C15H21F2N. The van der Waals surface area contributed by atoms with Crippen molar-refractivity contribution in [3.63, 3.8) is 0 Å². The van der Waals surface area contributed by atoms with Crippen LogP contribution in [0.1, 0.15) is 44.6 Å². The Hall–Kier alpha value is -0.960. The van der Waals surface area contributed by atoms with Crippen LogP contribution in [-0.2, 0) is 0 Å². The van der Waals surface area contributed by atoms with Crippen LogP contribution >= 0.6 is 0 Å². The lowest BCUT2D eigenvalue weighted by Crippen LogP contribution is -2.32. The van der Waals surface area contributed by atoms with Crippen LogP contribution in [0, 0.1) is 17.6 Å². The molecule has 0 bridgehead atoms. The summed E-state index contributed by atoms with van der Waals surface area (Å²) in [5.74, 6) is -0.290. The first-order valence-electron chi connectivity index (χ1n) is 6.81. The highest BCUT2D eigenvalue weighted by Crippen LogP contribution is 2.40. The van der Waals surface area contributed by atoms with Crippen molar-refractivity contribution in [2.24, 2.45) is 5.92 Å². The molecule has 3 heteroatoms. The molecule has 1 aromatic rings. The van der Waals surface area contributed by atoms with Gasteiger partial charge in [-0.2, -0.15) is 0 Å². The summed E-state index contributed by atoms with van der Waals surface area (Å²) < 4.78 is 26.7. The first-order chi connectivity index (χ1) is 8.63. The SMILES string of the molecule is CCCNC1CCC(c2ccc(F)cc2F)C1C. The molecule has 3 atom stereocenters. The van der Waals surface area contributed by atoms with Crippen molar-refractivity contribution in [1.29, 1.82) is 0 Å². The van der Waals surface area contributed by atoms with E-state index in [2.05, 4.69) is 19.2 Å². The number of hydrogen-bond donors (Lipinski definition) is 1. The molecule has 1 aliphatic rings. The molecule has 0 spiro atoms. The van der Waals surface area contributed by atoms with Crippen molar-refractivity contribution < 1.29 is 8.78 Å². The molecule has 0 radical (unpaired) electrons. The molecule has 1 fully saturated rings. The van der Waals surface area contributed by atoms with Crippen LogP contribution in [0.5, 0.6) is 0 Å². The topological polar surface area (TPSA) is 12.0 Å². The fourth-order valence-corrected chi connectivity index (χ4v) is 3.02. The first kappa shape index (κ1) is 13.5. The largest absolute Gasteiger partial charge is 0.314 e. The van der Waals surface area contributed by atoms with Crippen LogP contribution in [0.15, 0.2) is 18.2 Å². The predicted molar refractivity (Wildman–Crippen MR) is 69.6 cm³/mol. The normalized spacial score (nSPS) is 27.7. The van der Waals surface area contributed by atoms with Gasteiger partial charge < -0.3 is 5.32 Å². The average molecular weight is 253 g/mol. The van der Waals surface area contributed by atoms with Crippen molar-refractivity contribution in [1.82, 2.24) is 5.32 Å². The fourth-order valence-electron chi connectivity index (χ4n) is 3.02. The molecule has 1 N–H and O–H groups in total. The molecule has 0 aromatic heterocycles. The van der Waals surface area contributed by atoms with Gasteiger partial charge in [-0.25, -0.2) is 8.78 Å². The second kappa shape index (κ2) is 5.79. The summed E-state index contributed by atoms with van der Waals surface area (Å²) in [5, 5.41) is 3.52. The monoisotopic (exact) mass is 253 g/mol. The predicted octanol–water partition coefficient (Wildman–Crippen LogP) is 3.85. The van der Waals surface area contributed by atoms with E-state index in [1.165, 1.54) is 6.07 Å². The van der Waals surface area contributed by atoms with Gasteiger partial charge in [0.25, 0.3) is 0 Å². The molecule has 18 heavy (non-hydrogen) atoms. The Morgan fingerprint density at radius 2 is 2.06 bits per heavy atom. The minimum atomic E-state index is -0.498. The smallest absolute Gasteiger partial charge is 0.129 e. The van der Waals surface area contributed by atoms with Gasteiger partial charge in [0, 0.05) is 12.1 Å². The second-order valence-corrected chi connectivity index (χ2v) is 5.27. The fraction of sp³-hybridized carbons (Fsp3) is 0.600. The maximum absolute atomic E-state index is 13.8. The number of benzene rings is 1. The van der Waals surface area contributed by atoms with Crippen LogP contribution in [0.3, 0.4) is 0 Å². The van der Waals surface area contributed by atoms with Gasteiger partial charge in [-0.15, -0.1) is 0 Å². The molecule has 1 nitrogen and oxygen atoms in total. The summed E-state index contributed by atoms with van der Waals surface area (Å²) in [6, 6.07) is 4.42. The number of hydrogen-bond acceptors (Lipinski definition) is 1. The van der Waals surface area contributed by atoms with E-state index >= 15 is 0 Å². The second-order valence-electron chi connectivity index (χ2n) is 5.27. The van der Waals surface area contributed by atoms with Crippen LogP contribution in [0.4, 0.5) is 8.78 Å². The molecule has 1 saturated carbocycles. The van der Waals surface area contributed by atoms with Gasteiger partial charge in [-0.3, -0.25) is 0 Å². The molecule has 2 rings (SSSR count). The first-order valence-corrected chi connectivity index (χ1v) is 6.81. The molecule has 0 heterocycles. The Kier molecular flexibility index (Phi) is 4.33. The summed E-state index contributed by atoms with van der Waals surface area (Å²) in [4.78, 5) is 0. The number of nitrogens with one attached hydrogen (secondary N) is 1. The molecule has 0 amide bonds. The zero-order chi connectivity index (χ0) is 13.1. The molecule has 1 aromatic carbocycles. The highest BCUT2D eigenvalue weighted by Gasteiger charge is 2.34. The lowest BCUT2D eigenvalue weighted by atomic mass is 9.88. The third-order valence-corrected chi connectivity index (χ3v) is 4.08. The molecule has 3 unspecified atom stereocenters. The molecule has 100 valence electrons. The van der Waals surface area contributed by atoms with E-state index in [4.69, 9.17) is 0 Å². The minimum Gasteiger partial charge on any atom is -0.314 e. The zero-order valence-corrected chi connectivity index (χ0v) is 11.0.